The maximum Gasteiger partial charge on any atom is 0.259 e. The molecule has 1 fully saturated rings. The summed E-state index contributed by atoms with van der Waals surface area (Å²) in [7, 11) is 0. The summed E-state index contributed by atoms with van der Waals surface area (Å²) in [6.45, 7) is 5.95. The van der Waals surface area contributed by atoms with Crippen LogP contribution in [-0.4, -0.2) is 30.9 Å². The zero-order chi connectivity index (χ0) is 14.8. The summed E-state index contributed by atoms with van der Waals surface area (Å²) in [6, 6.07) is 5.92. The quantitative estimate of drug-likeness (QED) is 0.874. The minimum absolute atomic E-state index is 0.00659. The van der Waals surface area contributed by atoms with Gasteiger partial charge in [0.2, 0.25) is 0 Å². The average molecular weight is 307 g/mol. The molecule has 21 heavy (non-hydrogen) atoms. The number of aryl methyl sites for hydroxylation is 1. The molecule has 0 spiro atoms. The molecular weight excluding hydrogens is 288 g/mol. The summed E-state index contributed by atoms with van der Waals surface area (Å²) in [6.07, 6.45) is 2.78. The maximum absolute atomic E-state index is 12.5. The minimum atomic E-state index is -0.00659. The molecule has 112 valence electrons. The van der Waals surface area contributed by atoms with Gasteiger partial charge in [0, 0.05) is 31.5 Å². The van der Waals surface area contributed by atoms with Crippen molar-refractivity contribution in [1.29, 1.82) is 0 Å². The van der Waals surface area contributed by atoms with Crippen LogP contribution in [0.15, 0.2) is 29.2 Å². The Kier molecular flexibility index (Phi) is 4.17. The Hall–Kier alpha value is -1.52. The molecule has 2 aromatic rings. The molecular formula is C16H19ClN2O2. The third-order valence-corrected chi connectivity index (χ3v) is 4.15. The van der Waals surface area contributed by atoms with Gasteiger partial charge in [0.15, 0.2) is 0 Å². The average Bonchev–Trinajstić information content (AvgIpc) is 2.50. The van der Waals surface area contributed by atoms with Gasteiger partial charge in [-0.25, -0.2) is 0 Å². The van der Waals surface area contributed by atoms with Crippen molar-refractivity contribution in [3.05, 3.63) is 39.8 Å². The van der Waals surface area contributed by atoms with Gasteiger partial charge in [0.25, 0.3) is 5.56 Å². The van der Waals surface area contributed by atoms with Crippen LogP contribution in [0.2, 0.25) is 5.02 Å². The van der Waals surface area contributed by atoms with Gasteiger partial charge >= 0.3 is 0 Å². The fraction of sp³-hybridized carbons (Fsp3) is 0.438. The lowest BCUT2D eigenvalue weighted by Crippen LogP contribution is -2.36. The largest absolute Gasteiger partial charge is 0.378 e. The predicted octanol–water partition coefficient (Wildman–Crippen LogP) is 2.90. The molecule has 2 heterocycles. The third kappa shape index (κ3) is 2.78. The van der Waals surface area contributed by atoms with E-state index in [1.54, 1.807) is 4.57 Å². The summed E-state index contributed by atoms with van der Waals surface area (Å²) in [5.41, 5.74) is 1.05. The number of fused-ring (bicyclic) bond motifs is 1. The second-order valence-electron chi connectivity index (χ2n) is 5.31. The number of benzene rings is 1. The molecule has 0 radical (unpaired) electrons. The highest BCUT2D eigenvalue weighted by Crippen LogP contribution is 2.28. The van der Waals surface area contributed by atoms with Crippen molar-refractivity contribution in [2.24, 2.45) is 0 Å². The van der Waals surface area contributed by atoms with E-state index in [1.807, 2.05) is 24.4 Å². The zero-order valence-corrected chi connectivity index (χ0v) is 12.9. The van der Waals surface area contributed by atoms with Crippen LogP contribution in [0.25, 0.3) is 10.8 Å². The van der Waals surface area contributed by atoms with Crippen LogP contribution in [0.1, 0.15) is 13.3 Å². The number of anilines is 1. The molecule has 0 amide bonds. The molecule has 1 aromatic heterocycles. The lowest BCUT2D eigenvalue weighted by Gasteiger charge is -2.29. The number of halogens is 1. The van der Waals surface area contributed by atoms with Gasteiger partial charge in [-0.2, -0.15) is 0 Å². The predicted molar refractivity (Wildman–Crippen MR) is 86.5 cm³/mol. The van der Waals surface area contributed by atoms with E-state index in [1.165, 1.54) is 0 Å². The molecule has 1 aliphatic heterocycles. The summed E-state index contributed by atoms with van der Waals surface area (Å²) in [5.74, 6) is 0. The van der Waals surface area contributed by atoms with E-state index in [0.29, 0.717) is 10.4 Å². The lowest BCUT2D eigenvalue weighted by molar-refractivity contribution is 0.122. The number of morpholine rings is 1. The topological polar surface area (TPSA) is 34.5 Å². The van der Waals surface area contributed by atoms with Gasteiger partial charge in [-0.3, -0.25) is 4.79 Å². The summed E-state index contributed by atoms with van der Waals surface area (Å²) in [4.78, 5) is 14.7. The van der Waals surface area contributed by atoms with Crippen LogP contribution < -0.4 is 10.5 Å². The van der Waals surface area contributed by atoms with Crippen molar-refractivity contribution >= 4 is 28.1 Å². The highest BCUT2D eigenvalue weighted by Gasteiger charge is 2.15. The van der Waals surface area contributed by atoms with E-state index in [2.05, 4.69) is 11.8 Å². The number of aromatic nitrogens is 1. The van der Waals surface area contributed by atoms with Crippen molar-refractivity contribution in [1.82, 2.24) is 4.57 Å². The lowest BCUT2D eigenvalue weighted by atomic mass is 10.1. The highest BCUT2D eigenvalue weighted by atomic mass is 35.5. The first-order valence-electron chi connectivity index (χ1n) is 7.36. The summed E-state index contributed by atoms with van der Waals surface area (Å²) >= 11 is 6.39. The third-order valence-electron chi connectivity index (χ3n) is 3.86. The highest BCUT2D eigenvalue weighted by molar-refractivity contribution is 6.35. The van der Waals surface area contributed by atoms with Crippen LogP contribution in [0.4, 0.5) is 5.69 Å². The van der Waals surface area contributed by atoms with Crippen LogP contribution in [0.3, 0.4) is 0 Å². The van der Waals surface area contributed by atoms with Crippen LogP contribution in [-0.2, 0) is 11.3 Å². The van der Waals surface area contributed by atoms with Crippen molar-refractivity contribution < 1.29 is 4.74 Å². The first-order valence-corrected chi connectivity index (χ1v) is 7.74. The number of nitrogens with zero attached hydrogens (tertiary/aromatic N) is 2. The van der Waals surface area contributed by atoms with E-state index in [0.717, 1.165) is 50.3 Å². The fourth-order valence-corrected chi connectivity index (χ4v) is 3.07. The zero-order valence-electron chi connectivity index (χ0n) is 12.1. The smallest absolute Gasteiger partial charge is 0.259 e. The number of hydrogen-bond donors (Lipinski definition) is 0. The molecule has 1 saturated heterocycles. The Bertz CT molecular complexity index is 705. The number of hydrogen-bond acceptors (Lipinski definition) is 3. The molecule has 0 bridgehead atoms. The van der Waals surface area contributed by atoms with Gasteiger partial charge in [0.05, 0.1) is 23.6 Å². The van der Waals surface area contributed by atoms with Gasteiger partial charge < -0.3 is 14.2 Å². The van der Waals surface area contributed by atoms with E-state index < -0.39 is 0 Å². The second-order valence-corrected chi connectivity index (χ2v) is 5.71. The molecule has 1 aromatic carbocycles. The van der Waals surface area contributed by atoms with Gasteiger partial charge in [-0.1, -0.05) is 18.5 Å². The Morgan fingerprint density at radius 1 is 1.29 bits per heavy atom. The molecule has 0 saturated carbocycles. The van der Waals surface area contributed by atoms with Gasteiger partial charge in [-0.15, -0.1) is 0 Å². The first kappa shape index (κ1) is 14.4. The van der Waals surface area contributed by atoms with E-state index in [-0.39, 0.29) is 5.56 Å². The minimum Gasteiger partial charge on any atom is -0.378 e. The van der Waals surface area contributed by atoms with Crippen LogP contribution in [0, 0.1) is 0 Å². The Morgan fingerprint density at radius 2 is 2.05 bits per heavy atom. The van der Waals surface area contributed by atoms with Crippen LogP contribution >= 0.6 is 11.6 Å². The molecule has 0 N–H and O–H groups in total. The Morgan fingerprint density at radius 3 is 2.76 bits per heavy atom. The number of ether oxygens (including phenoxy) is 1. The summed E-state index contributed by atoms with van der Waals surface area (Å²) in [5, 5.41) is 2.05. The maximum atomic E-state index is 12.5. The Labute approximate surface area is 128 Å². The fourth-order valence-electron chi connectivity index (χ4n) is 2.77. The van der Waals surface area contributed by atoms with Gasteiger partial charge in [-0.05, 0) is 30.0 Å². The molecule has 0 atom stereocenters. The first-order chi connectivity index (χ1) is 10.2. The second kappa shape index (κ2) is 6.08. The molecule has 0 aliphatic carbocycles. The number of rotatable bonds is 3. The van der Waals surface area contributed by atoms with E-state index in [4.69, 9.17) is 16.3 Å². The van der Waals surface area contributed by atoms with Crippen LogP contribution in [0.5, 0.6) is 0 Å². The molecule has 5 heteroatoms. The van der Waals surface area contributed by atoms with Crippen molar-refractivity contribution in [3.63, 3.8) is 0 Å². The van der Waals surface area contributed by atoms with Gasteiger partial charge in [0.1, 0.15) is 0 Å². The monoisotopic (exact) mass is 306 g/mol. The molecule has 0 unspecified atom stereocenters. The van der Waals surface area contributed by atoms with Crippen molar-refractivity contribution in [3.8, 4) is 0 Å². The Balaban J connectivity index is 2.08. The molecule has 4 nitrogen and oxygen atoms in total. The molecule has 3 rings (SSSR count). The summed E-state index contributed by atoms with van der Waals surface area (Å²) < 4.78 is 7.10. The normalized spacial score (nSPS) is 15.6. The van der Waals surface area contributed by atoms with Crippen molar-refractivity contribution in [2.45, 2.75) is 19.9 Å². The number of pyridine rings is 1. The standard InChI is InChI=1S/C16H19ClN2O2/c1-2-4-19-5-3-12-10-13(18-6-8-21-9-7-18)11-14(17)15(12)16(19)20/h3,5,10-11H,2,4,6-9H2,1H3. The van der Waals surface area contributed by atoms with E-state index in [9.17, 15) is 4.79 Å². The van der Waals surface area contributed by atoms with E-state index >= 15 is 0 Å². The van der Waals surface area contributed by atoms with Crippen molar-refractivity contribution in [2.75, 3.05) is 31.2 Å². The molecule has 1 aliphatic rings. The SMILES string of the molecule is CCCn1ccc2cc(N3CCOCC3)cc(Cl)c2c1=O.